The van der Waals surface area contributed by atoms with Gasteiger partial charge in [-0.05, 0) is 31.0 Å². The van der Waals surface area contributed by atoms with Gasteiger partial charge in [-0.25, -0.2) is 4.39 Å². The molecule has 0 saturated carbocycles. The number of halogens is 2. The lowest BCUT2D eigenvalue weighted by molar-refractivity contribution is -0.142. The first-order valence-electron chi connectivity index (χ1n) is 7.22. The van der Waals surface area contributed by atoms with Gasteiger partial charge in [-0.1, -0.05) is 23.8 Å². The molecule has 0 spiro atoms. The molecule has 1 N–H and O–H groups in total. The number of imide groups is 1. The number of hydrogen-bond acceptors (Lipinski definition) is 3. The predicted molar refractivity (Wildman–Crippen MR) is 82.1 cm³/mol. The number of benzene rings is 1. The van der Waals surface area contributed by atoms with E-state index in [1.165, 1.54) is 6.07 Å². The number of carbonyl (C=O) groups is 3. The van der Waals surface area contributed by atoms with Crippen LogP contribution in [0.15, 0.2) is 30.4 Å². The SMILES string of the molecule is O=C(CN1C(=O)[C@H]2CC=CC[C@@H]2C1=O)Nc1ccc(F)cc1Cl. The first-order chi connectivity index (χ1) is 11.0. The van der Waals surface area contributed by atoms with Crippen molar-refractivity contribution in [2.75, 3.05) is 11.9 Å². The molecule has 23 heavy (non-hydrogen) atoms. The number of anilines is 1. The summed E-state index contributed by atoms with van der Waals surface area (Å²) in [5.74, 6) is -2.43. The van der Waals surface area contributed by atoms with E-state index in [2.05, 4.69) is 5.32 Å². The maximum Gasteiger partial charge on any atom is 0.244 e. The highest BCUT2D eigenvalue weighted by Crippen LogP contribution is 2.34. The summed E-state index contributed by atoms with van der Waals surface area (Å²) < 4.78 is 13.0. The topological polar surface area (TPSA) is 66.5 Å². The molecule has 1 aliphatic carbocycles. The lowest BCUT2D eigenvalue weighted by atomic mass is 9.85. The highest BCUT2D eigenvalue weighted by atomic mass is 35.5. The average Bonchev–Trinajstić information content (AvgIpc) is 2.76. The molecular weight excluding hydrogens is 323 g/mol. The van der Waals surface area contributed by atoms with Crippen molar-refractivity contribution in [3.8, 4) is 0 Å². The smallest absolute Gasteiger partial charge is 0.244 e. The molecule has 2 aliphatic rings. The third kappa shape index (κ3) is 2.99. The van der Waals surface area contributed by atoms with Crippen molar-refractivity contribution >= 4 is 35.0 Å². The van der Waals surface area contributed by atoms with Crippen molar-refractivity contribution in [3.63, 3.8) is 0 Å². The number of nitrogens with zero attached hydrogens (tertiary/aromatic N) is 1. The molecule has 1 aromatic carbocycles. The average molecular weight is 337 g/mol. The monoisotopic (exact) mass is 336 g/mol. The molecule has 5 nitrogen and oxygen atoms in total. The van der Waals surface area contributed by atoms with Crippen LogP contribution in [0.5, 0.6) is 0 Å². The molecule has 3 rings (SSSR count). The fourth-order valence-corrected chi connectivity index (χ4v) is 3.16. The fourth-order valence-electron chi connectivity index (χ4n) is 2.95. The van der Waals surface area contributed by atoms with Crippen LogP contribution in [0, 0.1) is 17.7 Å². The number of likely N-dealkylation sites (tertiary alicyclic amines) is 1. The first-order valence-corrected chi connectivity index (χ1v) is 7.60. The van der Waals surface area contributed by atoms with Crippen LogP contribution in [0.2, 0.25) is 5.02 Å². The zero-order valence-corrected chi connectivity index (χ0v) is 12.8. The van der Waals surface area contributed by atoms with Gasteiger partial charge in [0.1, 0.15) is 12.4 Å². The van der Waals surface area contributed by atoms with Crippen molar-refractivity contribution < 1.29 is 18.8 Å². The fraction of sp³-hybridized carbons (Fsp3) is 0.312. The quantitative estimate of drug-likeness (QED) is 0.680. The summed E-state index contributed by atoms with van der Waals surface area (Å²) in [6.07, 6.45) is 4.82. The summed E-state index contributed by atoms with van der Waals surface area (Å²) in [6.45, 7) is -0.363. The van der Waals surface area contributed by atoms with E-state index < -0.39 is 11.7 Å². The van der Waals surface area contributed by atoms with E-state index in [1.807, 2.05) is 12.2 Å². The second kappa shape index (κ2) is 6.12. The molecule has 1 fully saturated rings. The van der Waals surface area contributed by atoms with E-state index in [0.29, 0.717) is 12.8 Å². The molecule has 1 aliphatic heterocycles. The van der Waals surface area contributed by atoms with Gasteiger partial charge in [-0.2, -0.15) is 0 Å². The molecule has 0 unspecified atom stereocenters. The Morgan fingerprint density at radius 3 is 2.39 bits per heavy atom. The highest BCUT2D eigenvalue weighted by molar-refractivity contribution is 6.33. The minimum absolute atomic E-state index is 0.0512. The molecular formula is C16H14ClFN2O3. The van der Waals surface area contributed by atoms with E-state index in [1.54, 1.807) is 0 Å². The van der Waals surface area contributed by atoms with E-state index in [9.17, 15) is 18.8 Å². The van der Waals surface area contributed by atoms with Gasteiger partial charge in [0.2, 0.25) is 17.7 Å². The number of allylic oxidation sites excluding steroid dienone is 2. The van der Waals surface area contributed by atoms with Crippen molar-refractivity contribution in [3.05, 3.63) is 41.2 Å². The Labute approximate surface area is 137 Å². The number of amides is 3. The molecule has 1 saturated heterocycles. The Kier molecular flexibility index (Phi) is 4.17. The molecule has 120 valence electrons. The van der Waals surface area contributed by atoms with Crippen molar-refractivity contribution in [2.45, 2.75) is 12.8 Å². The molecule has 0 aromatic heterocycles. The predicted octanol–water partition coefficient (Wildman–Crippen LogP) is 2.37. The van der Waals surface area contributed by atoms with Gasteiger partial charge in [-0.15, -0.1) is 0 Å². The summed E-state index contributed by atoms with van der Waals surface area (Å²) in [5, 5.41) is 2.54. The van der Waals surface area contributed by atoms with Gasteiger partial charge in [0.25, 0.3) is 0 Å². The van der Waals surface area contributed by atoms with Crippen molar-refractivity contribution in [1.82, 2.24) is 4.90 Å². The largest absolute Gasteiger partial charge is 0.323 e. The molecule has 0 radical (unpaired) electrons. The lowest BCUT2D eigenvalue weighted by Crippen LogP contribution is -2.38. The minimum atomic E-state index is -0.549. The number of hydrogen-bond donors (Lipinski definition) is 1. The van der Waals surface area contributed by atoms with Crippen LogP contribution in [0.1, 0.15) is 12.8 Å². The van der Waals surface area contributed by atoms with Crippen LogP contribution < -0.4 is 5.32 Å². The Morgan fingerprint density at radius 2 is 1.83 bits per heavy atom. The van der Waals surface area contributed by atoms with Crippen LogP contribution in [0.4, 0.5) is 10.1 Å². The van der Waals surface area contributed by atoms with Gasteiger partial charge in [0, 0.05) is 0 Å². The summed E-state index contributed by atoms with van der Waals surface area (Å²) in [4.78, 5) is 37.6. The summed E-state index contributed by atoms with van der Waals surface area (Å²) in [5.41, 5.74) is 0.233. The van der Waals surface area contributed by atoms with E-state index in [-0.39, 0.29) is 40.9 Å². The van der Waals surface area contributed by atoms with E-state index in [0.717, 1.165) is 17.0 Å². The van der Waals surface area contributed by atoms with Crippen molar-refractivity contribution in [1.29, 1.82) is 0 Å². The van der Waals surface area contributed by atoms with Gasteiger partial charge in [0.05, 0.1) is 22.5 Å². The van der Waals surface area contributed by atoms with Gasteiger partial charge >= 0.3 is 0 Å². The highest BCUT2D eigenvalue weighted by Gasteiger charge is 2.47. The van der Waals surface area contributed by atoms with E-state index >= 15 is 0 Å². The first kappa shape index (κ1) is 15.7. The molecule has 3 amide bonds. The number of rotatable bonds is 3. The van der Waals surface area contributed by atoms with Crippen molar-refractivity contribution in [2.24, 2.45) is 11.8 Å². The zero-order valence-electron chi connectivity index (χ0n) is 12.1. The standard InChI is InChI=1S/C16H14ClFN2O3/c17-12-7-9(18)5-6-13(12)19-14(21)8-20-15(22)10-3-1-2-4-11(10)16(20)23/h1-2,5-7,10-11H,3-4,8H2,(H,19,21)/t10-,11-/m0/s1. The van der Waals surface area contributed by atoms with Crippen LogP contribution in [-0.2, 0) is 14.4 Å². The Bertz CT molecular complexity index is 693. The molecule has 7 heteroatoms. The second-order valence-corrected chi connectivity index (χ2v) is 6.00. The van der Waals surface area contributed by atoms with Crippen LogP contribution in [-0.4, -0.2) is 29.2 Å². The molecule has 2 atom stereocenters. The van der Waals surface area contributed by atoms with Gasteiger partial charge in [0.15, 0.2) is 0 Å². The molecule has 1 aromatic rings. The lowest BCUT2D eigenvalue weighted by Gasteiger charge is -2.15. The number of nitrogens with one attached hydrogen (secondary N) is 1. The summed E-state index contributed by atoms with van der Waals surface area (Å²) in [6, 6.07) is 3.56. The molecule has 1 heterocycles. The maximum atomic E-state index is 13.0. The maximum absolute atomic E-state index is 13.0. The number of carbonyl (C=O) groups excluding carboxylic acids is 3. The van der Waals surface area contributed by atoms with Crippen LogP contribution in [0.3, 0.4) is 0 Å². The van der Waals surface area contributed by atoms with Gasteiger partial charge < -0.3 is 5.32 Å². The third-order valence-corrected chi connectivity index (χ3v) is 4.42. The van der Waals surface area contributed by atoms with Crippen LogP contribution in [0.25, 0.3) is 0 Å². The Morgan fingerprint density at radius 1 is 1.22 bits per heavy atom. The Hall–Kier alpha value is -2.21. The summed E-state index contributed by atoms with van der Waals surface area (Å²) in [7, 11) is 0. The second-order valence-electron chi connectivity index (χ2n) is 5.59. The minimum Gasteiger partial charge on any atom is -0.323 e. The van der Waals surface area contributed by atoms with Crippen LogP contribution >= 0.6 is 11.6 Å². The summed E-state index contributed by atoms with van der Waals surface area (Å²) >= 11 is 5.84. The normalized spacial score (nSPS) is 23.1. The van der Waals surface area contributed by atoms with E-state index in [4.69, 9.17) is 11.6 Å². The van der Waals surface area contributed by atoms with Gasteiger partial charge in [-0.3, -0.25) is 19.3 Å². The number of fused-ring (bicyclic) bond motifs is 1. The third-order valence-electron chi connectivity index (χ3n) is 4.11. The Balaban J connectivity index is 1.68. The molecule has 0 bridgehead atoms. The zero-order chi connectivity index (χ0) is 16.6.